The smallest absolute Gasteiger partial charge is 0.298 e. The number of carbonyl (C=O) groups excluding carboxylic acids is 2. The van der Waals surface area contributed by atoms with E-state index in [1.807, 2.05) is 6.07 Å². The molecule has 75 heavy (non-hydrogen) atoms. The van der Waals surface area contributed by atoms with Crippen LogP contribution in [-0.2, 0) is 54.8 Å². The van der Waals surface area contributed by atoms with Crippen LogP contribution in [0.5, 0.6) is 0 Å². The van der Waals surface area contributed by atoms with E-state index in [2.05, 4.69) is 19.9 Å². The number of nitrogens with zero attached hydrogens (tertiary/aromatic N) is 7. The predicted octanol–water partition coefficient (Wildman–Crippen LogP) is 10.6. The van der Waals surface area contributed by atoms with Crippen molar-refractivity contribution in [3.63, 3.8) is 0 Å². The highest BCUT2D eigenvalue weighted by molar-refractivity contribution is 7.89. The zero-order chi connectivity index (χ0) is 54.9. The SMILES string of the molecule is C[C@H]1[C@H](F)C[C@@H](C(=O)CCc2cc(-c3cnc(C(F)(F)F)s3)ncc2C#N)N1S(=O)(=O)c1ccc(F)cc1.C[C@H]1[C@H](F)C[C@@H](C(=O)CCc2cc(-c3cnc(C(F)(F)F)s3)ncc2Cl)N1S(=O)(=O)c1ccc(F)cc1. The molecule has 6 aromatic rings. The molecule has 4 aromatic heterocycles. The number of nitriles is 1. The monoisotopic (exact) mass is 1150 g/mol. The lowest BCUT2D eigenvalue weighted by Crippen LogP contribution is -2.44. The first-order valence-corrected chi connectivity index (χ1v) is 27.0. The molecule has 13 nitrogen and oxygen atoms in total. The van der Waals surface area contributed by atoms with Crippen molar-refractivity contribution in [1.29, 1.82) is 5.26 Å². The number of sulfonamides is 2. The maximum absolute atomic E-state index is 14.6. The third kappa shape index (κ3) is 12.6. The van der Waals surface area contributed by atoms with Gasteiger partial charge in [-0.3, -0.25) is 19.6 Å². The van der Waals surface area contributed by atoms with E-state index in [0.717, 1.165) is 69.5 Å². The van der Waals surface area contributed by atoms with E-state index < -0.39 is 102 Å². The summed E-state index contributed by atoms with van der Waals surface area (Å²) in [6, 6.07) is 7.83. The number of alkyl halides is 8. The average molecular weight is 1150 g/mol. The lowest BCUT2D eigenvalue weighted by molar-refractivity contribution is -0.138. The summed E-state index contributed by atoms with van der Waals surface area (Å²) in [4.78, 5) is 40.7. The number of thiazole rings is 2. The van der Waals surface area contributed by atoms with Crippen LogP contribution >= 0.6 is 34.3 Å². The fraction of sp³-hybridized carbons (Fsp3) is 0.340. The third-order valence-electron chi connectivity index (χ3n) is 12.2. The van der Waals surface area contributed by atoms with E-state index in [-0.39, 0.29) is 80.0 Å². The molecule has 2 saturated heterocycles. The lowest BCUT2D eigenvalue weighted by atomic mass is 9.99. The van der Waals surface area contributed by atoms with Crippen LogP contribution < -0.4 is 0 Å². The number of hydrogen-bond acceptors (Lipinski definition) is 13. The van der Waals surface area contributed by atoms with Crippen molar-refractivity contribution in [2.45, 2.75) is 111 Å². The summed E-state index contributed by atoms with van der Waals surface area (Å²) < 4.78 is 188. The topological polar surface area (TPSA) is 184 Å². The molecule has 0 saturated carbocycles. The van der Waals surface area contributed by atoms with Gasteiger partial charge in [0.1, 0.15) is 30.0 Å². The number of Topliss-reactive ketones (excluding diaryl/α,β-unsaturated/α-hetero) is 2. The summed E-state index contributed by atoms with van der Waals surface area (Å²) in [5, 5.41) is 7.50. The highest BCUT2D eigenvalue weighted by Gasteiger charge is 2.50. The first-order chi connectivity index (χ1) is 35.1. The number of ketones is 2. The number of rotatable bonds is 14. The lowest BCUT2D eigenvalue weighted by Gasteiger charge is -2.26. The van der Waals surface area contributed by atoms with Crippen molar-refractivity contribution in [3.8, 4) is 27.2 Å². The van der Waals surface area contributed by atoms with E-state index >= 15 is 0 Å². The molecule has 2 fully saturated rings. The molecule has 0 radical (unpaired) electrons. The zero-order valence-electron chi connectivity index (χ0n) is 38.7. The average Bonchev–Trinajstić information content (AvgIpc) is 4.18. The molecule has 0 unspecified atom stereocenters. The number of halogens is 11. The van der Waals surface area contributed by atoms with Crippen LogP contribution in [0.1, 0.15) is 66.2 Å². The zero-order valence-corrected chi connectivity index (χ0v) is 42.7. The second-order valence-corrected chi connectivity index (χ2v) is 23.2. The maximum atomic E-state index is 14.6. The van der Waals surface area contributed by atoms with Gasteiger partial charge in [0.15, 0.2) is 21.6 Å². The highest BCUT2D eigenvalue weighted by Crippen LogP contribution is 2.40. The van der Waals surface area contributed by atoms with Gasteiger partial charge >= 0.3 is 12.4 Å². The molecular weight excluding hydrogens is 1110 g/mol. The van der Waals surface area contributed by atoms with Crippen molar-refractivity contribution < 1.29 is 70.3 Å². The molecule has 0 aliphatic carbocycles. The van der Waals surface area contributed by atoms with E-state index in [9.17, 15) is 75.6 Å². The Morgan fingerprint density at radius 3 is 1.43 bits per heavy atom. The van der Waals surface area contributed by atoms with Gasteiger partial charge in [0.05, 0.1) is 65.7 Å². The van der Waals surface area contributed by atoms with Gasteiger partial charge in [-0.1, -0.05) is 11.6 Å². The molecule has 8 rings (SSSR count). The van der Waals surface area contributed by atoms with E-state index in [1.54, 1.807) is 0 Å². The second kappa shape index (κ2) is 22.4. The van der Waals surface area contributed by atoms with Crippen molar-refractivity contribution in [3.05, 3.63) is 129 Å². The van der Waals surface area contributed by atoms with Gasteiger partial charge in [-0.25, -0.2) is 44.4 Å². The van der Waals surface area contributed by atoms with Gasteiger partial charge in [-0.2, -0.15) is 40.2 Å². The van der Waals surface area contributed by atoms with E-state index in [1.165, 1.54) is 38.4 Å². The van der Waals surface area contributed by atoms with Gasteiger partial charge in [0, 0.05) is 50.5 Å². The summed E-state index contributed by atoms with van der Waals surface area (Å²) in [5.74, 6) is -2.45. The molecule has 6 heterocycles. The molecule has 2 aliphatic heterocycles. The van der Waals surface area contributed by atoms with Gasteiger partial charge in [0.2, 0.25) is 20.0 Å². The molecule has 0 spiro atoms. The maximum Gasteiger partial charge on any atom is 0.443 e. The van der Waals surface area contributed by atoms with Crippen LogP contribution in [0.2, 0.25) is 5.02 Å². The normalized spacial score (nSPS) is 20.6. The fourth-order valence-electron chi connectivity index (χ4n) is 8.33. The quantitative estimate of drug-likeness (QED) is 0.0946. The third-order valence-corrected chi connectivity index (χ3v) is 18.7. The molecule has 6 atom stereocenters. The Balaban J connectivity index is 0.000000219. The van der Waals surface area contributed by atoms with Gasteiger partial charge in [-0.15, -0.1) is 22.7 Å². The standard InChI is InChI=1S/C24H19F5N4O3S2.C23H19ClF5N3O3S2/c1-13-18(26)9-20(33(13)38(35,36)17-5-3-16(25)4-6-17)21(34)7-2-14-8-19(31-11-15(14)10-30)22-12-32-23(37-22)24(27,28)29;1-12-17(26)9-19(32(12)37(34,35)15-5-3-14(25)4-6-15)20(33)7-2-13-8-18(30-10-16(13)24)21-11-31-22(36-21)23(27,28)29/h3-6,8,11-13,18,20H,2,7,9H2,1H3;3-6,8,10-12,17,19H,2,7,9H2,1H3/t13-,18+,20-;12-,17+,19-/m00/s1. The van der Waals surface area contributed by atoms with Crippen molar-refractivity contribution in [2.75, 3.05) is 0 Å². The molecule has 2 aromatic carbocycles. The number of pyridine rings is 2. The molecule has 0 amide bonds. The van der Waals surface area contributed by atoms with Crippen LogP contribution in [0.15, 0.2) is 95.2 Å². The molecule has 0 N–H and O–H groups in total. The summed E-state index contributed by atoms with van der Waals surface area (Å²) in [6.45, 7) is 2.70. The Labute approximate surface area is 435 Å². The number of carbonyl (C=O) groups is 2. The van der Waals surface area contributed by atoms with Crippen LogP contribution in [0.25, 0.3) is 21.1 Å². The van der Waals surface area contributed by atoms with E-state index in [0.29, 0.717) is 33.8 Å². The van der Waals surface area contributed by atoms with Crippen LogP contribution in [-0.4, -0.2) is 93.5 Å². The van der Waals surface area contributed by atoms with Gasteiger partial charge < -0.3 is 0 Å². The number of hydrogen-bond donors (Lipinski definition) is 0. The van der Waals surface area contributed by atoms with Crippen molar-refractivity contribution in [1.82, 2.24) is 28.5 Å². The fourth-order valence-corrected chi connectivity index (χ4v) is 13.7. The van der Waals surface area contributed by atoms with E-state index in [4.69, 9.17) is 11.6 Å². The Morgan fingerprint density at radius 2 is 1.04 bits per heavy atom. The van der Waals surface area contributed by atoms with Crippen molar-refractivity contribution >= 4 is 65.9 Å². The minimum Gasteiger partial charge on any atom is -0.298 e. The van der Waals surface area contributed by atoms with Gasteiger partial charge in [-0.05, 0) is 98.5 Å². The molecular formula is C47H38ClF10N7O6S4. The first-order valence-electron chi connectivity index (χ1n) is 22.1. The Bertz CT molecular complexity index is 3360. The Kier molecular flexibility index (Phi) is 17.0. The number of benzene rings is 2. The number of aryl methyl sites for hydroxylation is 2. The second-order valence-electron chi connectivity index (χ2n) is 17.1. The number of aromatic nitrogens is 4. The Morgan fingerprint density at radius 1 is 0.653 bits per heavy atom. The summed E-state index contributed by atoms with van der Waals surface area (Å²) in [5.41, 5.74) is 1.10. The predicted molar refractivity (Wildman–Crippen MR) is 253 cm³/mol. The van der Waals surface area contributed by atoms with Gasteiger partial charge in [0.25, 0.3) is 0 Å². The first kappa shape index (κ1) is 57.0. The van der Waals surface area contributed by atoms with Crippen LogP contribution in [0.3, 0.4) is 0 Å². The summed E-state index contributed by atoms with van der Waals surface area (Å²) >= 11 is 6.96. The largest absolute Gasteiger partial charge is 0.443 e. The minimum absolute atomic E-state index is 0.0182. The van der Waals surface area contributed by atoms with Crippen LogP contribution in [0.4, 0.5) is 43.9 Å². The molecule has 28 heteroatoms. The molecule has 398 valence electrons. The molecule has 0 bridgehead atoms. The summed E-state index contributed by atoms with van der Waals surface area (Å²) in [6.07, 6.45) is -9.20. The molecule has 2 aliphatic rings. The Hall–Kier alpha value is -5.76. The summed E-state index contributed by atoms with van der Waals surface area (Å²) in [7, 11) is -8.64. The van der Waals surface area contributed by atoms with Crippen LogP contribution in [0, 0.1) is 23.0 Å². The van der Waals surface area contributed by atoms with Crippen molar-refractivity contribution in [2.24, 2.45) is 0 Å². The highest BCUT2D eigenvalue weighted by atomic mass is 35.5. The minimum atomic E-state index is -4.63.